The molecule has 0 aromatic heterocycles. The zero-order valence-corrected chi connectivity index (χ0v) is 16.6. The van der Waals surface area contributed by atoms with E-state index in [9.17, 15) is 13.2 Å². The van der Waals surface area contributed by atoms with Crippen molar-refractivity contribution in [3.63, 3.8) is 0 Å². The summed E-state index contributed by atoms with van der Waals surface area (Å²) in [5.74, 6) is 7.01. The van der Waals surface area contributed by atoms with Gasteiger partial charge in [0.05, 0.1) is 12.6 Å². The highest BCUT2D eigenvalue weighted by molar-refractivity contribution is 5.85. The fourth-order valence-corrected chi connectivity index (χ4v) is 4.41. The van der Waals surface area contributed by atoms with Crippen LogP contribution in [0.5, 0.6) is 11.5 Å². The predicted octanol–water partition coefficient (Wildman–Crippen LogP) is 4.81. The Kier molecular flexibility index (Phi) is 6.61. The van der Waals surface area contributed by atoms with Crippen molar-refractivity contribution in [3.05, 3.63) is 59.2 Å². The highest BCUT2D eigenvalue weighted by atomic mass is 35.5. The van der Waals surface area contributed by atoms with Crippen molar-refractivity contribution in [3.8, 4) is 11.5 Å². The van der Waals surface area contributed by atoms with Gasteiger partial charge in [0.2, 0.25) is 0 Å². The lowest BCUT2D eigenvalue weighted by Gasteiger charge is -2.39. The number of hydrogen-bond donors (Lipinski definition) is 1. The van der Waals surface area contributed by atoms with E-state index in [-0.39, 0.29) is 30.1 Å². The number of fused-ring (bicyclic) bond motifs is 1. The summed E-state index contributed by atoms with van der Waals surface area (Å²) in [5, 5.41) is 1.85. The fraction of sp³-hybridized carbons (Fsp3) is 0.429. The van der Waals surface area contributed by atoms with Crippen LogP contribution in [0, 0.1) is 5.92 Å². The molecular weight excluding hydrogens is 405 g/mol. The maximum atomic E-state index is 12.7. The van der Waals surface area contributed by atoms with Crippen LogP contribution in [0.25, 0.3) is 0 Å². The molecule has 0 aliphatic carbocycles. The number of hydrazine groups is 1. The highest BCUT2D eigenvalue weighted by Gasteiger charge is 2.35. The van der Waals surface area contributed by atoms with Gasteiger partial charge in [-0.15, -0.1) is 25.6 Å². The highest BCUT2D eigenvalue weighted by Crippen LogP contribution is 2.41. The Morgan fingerprint density at radius 3 is 2.66 bits per heavy atom. The van der Waals surface area contributed by atoms with E-state index in [2.05, 4.69) is 4.74 Å². The maximum absolute atomic E-state index is 12.7. The molecule has 4 rings (SSSR count). The molecule has 2 atom stereocenters. The Morgan fingerprint density at radius 2 is 1.93 bits per heavy atom. The van der Waals surface area contributed by atoms with E-state index in [1.807, 2.05) is 35.3 Å². The van der Waals surface area contributed by atoms with E-state index in [0.717, 1.165) is 36.1 Å². The number of hydrogen-bond acceptors (Lipinski definition) is 4. The molecule has 0 saturated carbocycles. The third-order valence-corrected chi connectivity index (χ3v) is 5.49. The van der Waals surface area contributed by atoms with Crippen molar-refractivity contribution < 1.29 is 22.6 Å². The first-order valence-corrected chi connectivity index (χ1v) is 9.51. The topological polar surface area (TPSA) is 47.7 Å². The number of halogens is 4. The van der Waals surface area contributed by atoms with Crippen molar-refractivity contribution in [2.75, 3.05) is 13.2 Å². The first-order chi connectivity index (χ1) is 13.4. The van der Waals surface area contributed by atoms with Crippen LogP contribution < -0.4 is 15.3 Å². The molecule has 2 aliphatic rings. The van der Waals surface area contributed by atoms with Gasteiger partial charge in [-0.05, 0) is 48.4 Å². The molecule has 0 spiro atoms. The lowest BCUT2D eigenvalue weighted by molar-refractivity contribution is -0.274. The Hall–Kier alpha value is -1.96. The number of nitrogens with zero attached hydrogens (tertiary/aromatic N) is 1. The molecule has 2 aromatic carbocycles. The minimum absolute atomic E-state index is 0. The molecule has 0 bridgehead atoms. The van der Waals surface area contributed by atoms with E-state index in [1.165, 1.54) is 12.1 Å². The summed E-state index contributed by atoms with van der Waals surface area (Å²) in [4.78, 5) is 0. The Balaban J connectivity index is 0.00000240. The molecule has 29 heavy (non-hydrogen) atoms. The van der Waals surface area contributed by atoms with Crippen molar-refractivity contribution in [1.29, 1.82) is 0 Å². The lowest BCUT2D eigenvalue weighted by atomic mass is 9.81. The van der Waals surface area contributed by atoms with Gasteiger partial charge in [-0.1, -0.05) is 30.3 Å². The van der Waals surface area contributed by atoms with E-state index in [1.54, 1.807) is 0 Å². The van der Waals surface area contributed by atoms with Gasteiger partial charge < -0.3 is 9.47 Å². The van der Waals surface area contributed by atoms with Gasteiger partial charge in [0, 0.05) is 18.5 Å². The number of alkyl halides is 3. The van der Waals surface area contributed by atoms with Gasteiger partial charge in [-0.2, -0.15) is 0 Å². The van der Waals surface area contributed by atoms with Crippen LogP contribution in [0.1, 0.15) is 35.6 Å². The molecular formula is C21H24ClF3N2O2. The maximum Gasteiger partial charge on any atom is 0.573 e. The number of rotatable bonds is 4. The summed E-state index contributed by atoms with van der Waals surface area (Å²) in [5.41, 5.74) is 2.65. The summed E-state index contributed by atoms with van der Waals surface area (Å²) >= 11 is 0. The molecule has 0 unspecified atom stereocenters. The SMILES string of the molecule is Cl.NN1CCC[C@@H](Cc2cc(OC(F)(F)F)cc3c2OCC3)[C@H]1c1ccccc1. The minimum atomic E-state index is -4.71. The van der Waals surface area contributed by atoms with Gasteiger partial charge in [-0.3, -0.25) is 5.84 Å². The molecule has 2 aliphatic heterocycles. The number of ether oxygens (including phenoxy) is 2. The average molecular weight is 429 g/mol. The van der Waals surface area contributed by atoms with Crippen LogP contribution in [0.15, 0.2) is 42.5 Å². The molecule has 2 aromatic rings. The summed E-state index contributed by atoms with van der Waals surface area (Å²) in [7, 11) is 0. The summed E-state index contributed by atoms with van der Waals surface area (Å²) in [6.45, 7) is 1.27. The smallest absolute Gasteiger partial charge is 0.493 e. The number of piperidine rings is 1. The largest absolute Gasteiger partial charge is 0.573 e. The van der Waals surface area contributed by atoms with Crippen molar-refractivity contribution in [1.82, 2.24) is 5.01 Å². The van der Waals surface area contributed by atoms with E-state index < -0.39 is 6.36 Å². The van der Waals surface area contributed by atoms with E-state index >= 15 is 0 Å². The third kappa shape index (κ3) is 4.97. The molecule has 1 saturated heterocycles. The molecule has 1 fully saturated rings. The summed E-state index contributed by atoms with van der Waals surface area (Å²) in [6.07, 6.45) is -1.63. The van der Waals surface area contributed by atoms with Crippen molar-refractivity contribution >= 4 is 12.4 Å². The van der Waals surface area contributed by atoms with Crippen LogP contribution in [-0.4, -0.2) is 24.5 Å². The van der Waals surface area contributed by atoms with Gasteiger partial charge in [0.1, 0.15) is 11.5 Å². The number of nitrogens with two attached hydrogens (primary N) is 1. The quantitative estimate of drug-likeness (QED) is 0.710. The van der Waals surface area contributed by atoms with Crippen molar-refractivity contribution in [2.24, 2.45) is 11.8 Å². The third-order valence-electron chi connectivity index (χ3n) is 5.49. The molecule has 2 N–H and O–H groups in total. The minimum Gasteiger partial charge on any atom is -0.493 e. The zero-order chi connectivity index (χ0) is 19.7. The monoisotopic (exact) mass is 428 g/mol. The zero-order valence-electron chi connectivity index (χ0n) is 15.8. The first kappa shape index (κ1) is 21.7. The molecule has 158 valence electrons. The second kappa shape index (κ2) is 8.81. The van der Waals surface area contributed by atoms with Crippen LogP contribution in [0.4, 0.5) is 13.2 Å². The molecule has 0 radical (unpaired) electrons. The number of benzene rings is 2. The molecule has 8 heteroatoms. The molecule has 0 amide bonds. The Bertz CT molecular complexity index is 833. The van der Waals surface area contributed by atoms with Gasteiger partial charge in [0.15, 0.2) is 0 Å². The Labute approximate surface area is 174 Å². The predicted molar refractivity (Wildman–Crippen MR) is 106 cm³/mol. The summed E-state index contributed by atoms with van der Waals surface area (Å²) < 4.78 is 48.2. The van der Waals surface area contributed by atoms with Crippen LogP contribution in [-0.2, 0) is 12.8 Å². The van der Waals surface area contributed by atoms with Gasteiger partial charge in [0.25, 0.3) is 0 Å². The standard InChI is InChI=1S/C21H23F3N2O2.ClH/c22-21(23,24)28-18-12-16-8-10-27-20(16)17(13-18)11-15-7-4-9-26(25)19(15)14-5-2-1-3-6-14;/h1-3,5-6,12-13,15,19H,4,7-11,25H2;1H/t15-,19+;/m0./s1. The lowest BCUT2D eigenvalue weighted by Crippen LogP contribution is -2.44. The van der Waals surface area contributed by atoms with E-state index in [4.69, 9.17) is 10.6 Å². The Morgan fingerprint density at radius 1 is 1.17 bits per heavy atom. The van der Waals surface area contributed by atoms with Gasteiger partial charge >= 0.3 is 6.36 Å². The summed E-state index contributed by atoms with van der Waals surface area (Å²) in [6, 6.07) is 12.9. The molecule has 2 heterocycles. The van der Waals surface area contributed by atoms with Crippen LogP contribution in [0.2, 0.25) is 0 Å². The van der Waals surface area contributed by atoms with Crippen LogP contribution >= 0.6 is 12.4 Å². The van der Waals surface area contributed by atoms with E-state index in [0.29, 0.717) is 25.2 Å². The fourth-order valence-electron chi connectivity index (χ4n) is 4.41. The second-order valence-electron chi connectivity index (χ2n) is 7.42. The first-order valence-electron chi connectivity index (χ1n) is 9.51. The second-order valence-corrected chi connectivity index (χ2v) is 7.42. The van der Waals surface area contributed by atoms with Gasteiger partial charge in [-0.25, -0.2) is 5.01 Å². The average Bonchev–Trinajstić information content (AvgIpc) is 3.10. The van der Waals surface area contributed by atoms with Crippen LogP contribution in [0.3, 0.4) is 0 Å². The normalized spacial score (nSPS) is 21.8. The van der Waals surface area contributed by atoms with Crippen molar-refractivity contribution in [2.45, 2.75) is 38.1 Å². The molecule has 4 nitrogen and oxygen atoms in total.